The van der Waals surface area contributed by atoms with Gasteiger partial charge in [-0.25, -0.2) is 9.97 Å². The van der Waals surface area contributed by atoms with Crippen LogP contribution in [-0.4, -0.2) is 82.2 Å². The molecule has 148 valence electrons. The van der Waals surface area contributed by atoms with E-state index in [0.29, 0.717) is 19.5 Å². The first-order valence-electron chi connectivity index (χ1n) is 8.97. The number of piperazine rings is 1. The van der Waals surface area contributed by atoms with Gasteiger partial charge in [-0.15, -0.1) is 0 Å². The highest BCUT2D eigenvalue weighted by Gasteiger charge is 2.36. The summed E-state index contributed by atoms with van der Waals surface area (Å²) >= 11 is 0. The maximum atomic E-state index is 12.7. The Hall–Kier alpha value is -2.71. The van der Waals surface area contributed by atoms with Crippen LogP contribution in [0.2, 0.25) is 0 Å². The molecule has 1 atom stereocenters. The number of rotatable bonds is 4. The van der Waals surface area contributed by atoms with E-state index in [4.69, 9.17) is 5.73 Å². The van der Waals surface area contributed by atoms with Crippen molar-refractivity contribution in [3.8, 4) is 0 Å². The average molecular weight is 376 g/mol. The molecule has 1 saturated heterocycles. The molecular formula is C18H28N6O3. The molecule has 2 N–H and O–H groups in total. The van der Waals surface area contributed by atoms with Crippen molar-refractivity contribution in [1.82, 2.24) is 24.7 Å². The van der Waals surface area contributed by atoms with E-state index < -0.39 is 6.04 Å². The zero-order valence-corrected chi connectivity index (χ0v) is 16.7. The normalized spacial score (nSPS) is 17.0. The van der Waals surface area contributed by atoms with E-state index in [0.717, 1.165) is 17.0 Å². The van der Waals surface area contributed by atoms with Crippen LogP contribution in [0.25, 0.3) is 0 Å². The summed E-state index contributed by atoms with van der Waals surface area (Å²) in [5, 5.41) is 0. The van der Waals surface area contributed by atoms with Crippen LogP contribution in [0.5, 0.6) is 0 Å². The fourth-order valence-electron chi connectivity index (χ4n) is 3.41. The van der Waals surface area contributed by atoms with E-state index in [1.165, 1.54) is 16.7 Å². The molecule has 9 nitrogen and oxygen atoms in total. The smallest absolute Gasteiger partial charge is 0.246 e. The number of nitrogens with zero attached hydrogens (tertiary/aromatic N) is 5. The van der Waals surface area contributed by atoms with Crippen LogP contribution in [0, 0.1) is 13.8 Å². The van der Waals surface area contributed by atoms with E-state index in [1.807, 2.05) is 13.8 Å². The fourth-order valence-corrected chi connectivity index (χ4v) is 3.41. The van der Waals surface area contributed by atoms with Gasteiger partial charge in [-0.1, -0.05) is 0 Å². The zero-order chi connectivity index (χ0) is 20.3. The van der Waals surface area contributed by atoms with Crippen molar-refractivity contribution in [2.75, 3.05) is 39.5 Å². The largest absolute Gasteiger partial charge is 0.368 e. The van der Waals surface area contributed by atoms with Gasteiger partial charge in [0.15, 0.2) is 0 Å². The monoisotopic (exact) mass is 376 g/mol. The van der Waals surface area contributed by atoms with Crippen LogP contribution in [0.1, 0.15) is 30.3 Å². The van der Waals surface area contributed by atoms with E-state index in [2.05, 4.69) is 9.97 Å². The molecule has 0 bridgehead atoms. The number of carbonyl (C=O) groups excluding carboxylic acids is 3. The first-order valence-corrected chi connectivity index (χ1v) is 8.97. The fraction of sp³-hybridized carbons (Fsp3) is 0.611. The number of aromatic nitrogens is 2. The molecule has 1 fully saturated rings. The lowest BCUT2D eigenvalue weighted by atomic mass is 10.0. The van der Waals surface area contributed by atoms with Gasteiger partial charge in [0, 0.05) is 51.9 Å². The van der Waals surface area contributed by atoms with Gasteiger partial charge in [-0.3, -0.25) is 14.4 Å². The lowest BCUT2D eigenvalue weighted by molar-refractivity contribution is -0.150. The standard InChI is InChI=1S/C18H28N6O3/c1-11-14(12(2)21-18(19)20-11)6-7-16(26)23-8-9-24(13(3)25)15(10-23)17(27)22(4)5/h15H,6-10H2,1-5H3,(H2,19,20,21)/t15-/m0/s1. The maximum absolute atomic E-state index is 12.7. The van der Waals surface area contributed by atoms with Crippen molar-refractivity contribution in [3.05, 3.63) is 17.0 Å². The second-order valence-electron chi connectivity index (χ2n) is 7.03. The van der Waals surface area contributed by atoms with Crippen LogP contribution in [0.3, 0.4) is 0 Å². The Balaban J connectivity index is 2.06. The Labute approximate surface area is 159 Å². The van der Waals surface area contributed by atoms with E-state index in [-0.39, 0.29) is 36.6 Å². The predicted octanol–water partition coefficient (Wildman–Crippen LogP) is -0.244. The minimum atomic E-state index is -0.640. The lowest BCUT2D eigenvalue weighted by Gasteiger charge is -2.41. The molecule has 3 amide bonds. The van der Waals surface area contributed by atoms with Crippen LogP contribution >= 0.6 is 0 Å². The Kier molecular flexibility index (Phi) is 6.35. The SMILES string of the molecule is CC(=O)N1CCN(C(=O)CCc2c(C)nc(N)nc2C)C[C@H]1C(=O)N(C)C. The number of aryl methyl sites for hydroxylation is 2. The van der Waals surface area contributed by atoms with Gasteiger partial charge < -0.3 is 20.4 Å². The van der Waals surface area contributed by atoms with Crippen LogP contribution < -0.4 is 5.73 Å². The molecule has 9 heteroatoms. The Morgan fingerprint density at radius 2 is 1.74 bits per heavy atom. The molecule has 1 aromatic heterocycles. The highest BCUT2D eigenvalue weighted by molar-refractivity contribution is 5.88. The molecule has 0 radical (unpaired) electrons. The van der Waals surface area contributed by atoms with Gasteiger partial charge >= 0.3 is 0 Å². The molecule has 0 aromatic carbocycles. The van der Waals surface area contributed by atoms with E-state index in [9.17, 15) is 14.4 Å². The molecule has 0 spiro atoms. The summed E-state index contributed by atoms with van der Waals surface area (Å²) in [5.74, 6) is -0.162. The van der Waals surface area contributed by atoms with E-state index >= 15 is 0 Å². The summed E-state index contributed by atoms with van der Waals surface area (Å²) < 4.78 is 0. The van der Waals surface area contributed by atoms with Crippen molar-refractivity contribution in [2.24, 2.45) is 0 Å². The minimum Gasteiger partial charge on any atom is -0.368 e. The van der Waals surface area contributed by atoms with Gasteiger partial charge in [0.1, 0.15) is 6.04 Å². The molecule has 27 heavy (non-hydrogen) atoms. The number of amides is 3. The minimum absolute atomic E-state index is 0.0506. The van der Waals surface area contributed by atoms with Gasteiger partial charge in [-0.05, 0) is 25.8 Å². The number of likely N-dealkylation sites (N-methyl/N-ethyl adjacent to an activating group) is 1. The lowest BCUT2D eigenvalue weighted by Crippen LogP contribution is -2.61. The van der Waals surface area contributed by atoms with Gasteiger partial charge in [-0.2, -0.15) is 0 Å². The number of hydrogen-bond donors (Lipinski definition) is 1. The topological polar surface area (TPSA) is 113 Å². The second-order valence-corrected chi connectivity index (χ2v) is 7.03. The summed E-state index contributed by atoms with van der Waals surface area (Å²) in [6.07, 6.45) is 0.800. The molecular weight excluding hydrogens is 348 g/mol. The molecule has 2 heterocycles. The van der Waals surface area contributed by atoms with Crippen molar-refractivity contribution < 1.29 is 14.4 Å². The molecule has 1 aliphatic heterocycles. The number of nitrogen functional groups attached to an aromatic ring is 1. The van der Waals surface area contributed by atoms with Gasteiger partial charge in [0.25, 0.3) is 0 Å². The highest BCUT2D eigenvalue weighted by Crippen LogP contribution is 2.17. The predicted molar refractivity (Wildman–Crippen MR) is 101 cm³/mol. The third-order valence-corrected chi connectivity index (χ3v) is 4.89. The third-order valence-electron chi connectivity index (χ3n) is 4.89. The van der Waals surface area contributed by atoms with E-state index in [1.54, 1.807) is 19.0 Å². The Morgan fingerprint density at radius 3 is 2.26 bits per heavy atom. The summed E-state index contributed by atoms with van der Waals surface area (Å²) in [5.41, 5.74) is 8.10. The number of carbonyl (C=O) groups is 3. The first kappa shape index (κ1) is 20.6. The molecule has 0 unspecified atom stereocenters. The van der Waals surface area contributed by atoms with Gasteiger partial charge in [0.2, 0.25) is 23.7 Å². The highest BCUT2D eigenvalue weighted by atomic mass is 16.2. The zero-order valence-electron chi connectivity index (χ0n) is 16.7. The Morgan fingerprint density at radius 1 is 1.15 bits per heavy atom. The summed E-state index contributed by atoms with van der Waals surface area (Å²) in [6, 6.07) is -0.640. The van der Waals surface area contributed by atoms with Crippen LogP contribution in [0.15, 0.2) is 0 Å². The molecule has 0 aliphatic carbocycles. The molecule has 1 aliphatic rings. The van der Waals surface area contributed by atoms with Gasteiger partial charge in [0.05, 0.1) is 6.54 Å². The molecule has 0 saturated carbocycles. The summed E-state index contributed by atoms with van der Waals surface area (Å²) in [6.45, 7) is 6.14. The van der Waals surface area contributed by atoms with Crippen molar-refractivity contribution >= 4 is 23.7 Å². The maximum Gasteiger partial charge on any atom is 0.246 e. The summed E-state index contributed by atoms with van der Waals surface area (Å²) in [4.78, 5) is 50.0. The van der Waals surface area contributed by atoms with Crippen molar-refractivity contribution in [3.63, 3.8) is 0 Å². The quantitative estimate of drug-likeness (QED) is 0.776. The molecule has 1 aromatic rings. The second kappa shape index (κ2) is 8.32. The Bertz CT molecular complexity index is 726. The van der Waals surface area contributed by atoms with Crippen LogP contribution in [-0.2, 0) is 20.8 Å². The van der Waals surface area contributed by atoms with Crippen molar-refractivity contribution in [2.45, 2.75) is 39.7 Å². The molecule has 2 rings (SSSR count). The first-order chi connectivity index (χ1) is 12.6. The average Bonchev–Trinajstić information content (AvgIpc) is 2.59. The number of hydrogen-bond acceptors (Lipinski definition) is 6. The number of anilines is 1. The van der Waals surface area contributed by atoms with Crippen LogP contribution in [0.4, 0.5) is 5.95 Å². The summed E-state index contributed by atoms with van der Waals surface area (Å²) in [7, 11) is 3.29. The number of nitrogens with two attached hydrogens (primary N) is 1. The third kappa shape index (κ3) is 4.72. The van der Waals surface area contributed by atoms with Crippen molar-refractivity contribution in [1.29, 1.82) is 0 Å².